The summed E-state index contributed by atoms with van der Waals surface area (Å²) in [5, 5.41) is 1.78. The monoisotopic (exact) mass is 328 g/mol. The Morgan fingerprint density at radius 1 is 1.10 bits per heavy atom. The van der Waals surface area contributed by atoms with E-state index in [-0.39, 0.29) is 5.69 Å². The molecule has 112 valence electrons. The minimum Gasteiger partial charge on any atom is -0.369 e. The van der Waals surface area contributed by atoms with Gasteiger partial charge in [-0.1, -0.05) is 0 Å². The average Bonchev–Trinajstić information content (AvgIpc) is 2.38. The predicted octanol–water partition coefficient (Wildman–Crippen LogP) is 3.47. The largest absolute Gasteiger partial charge is 0.471 e. The third-order valence-electron chi connectivity index (χ3n) is 2.46. The number of nitrogens with one attached hydrogen (secondary N) is 1. The van der Waals surface area contributed by atoms with Gasteiger partial charge in [0.25, 0.3) is 0 Å². The highest BCUT2D eigenvalue weighted by Crippen LogP contribution is 2.21. The SMILES string of the molecule is O=C(Nc1ccc(N(CCCl)CCCl)cc1)C(F)(F)F. The molecule has 1 N–H and O–H groups in total. The van der Waals surface area contributed by atoms with Gasteiger partial charge < -0.3 is 10.2 Å². The molecule has 0 saturated heterocycles. The molecule has 0 aromatic heterocycles. The number of hydrogen-bond acceptors (Lipinski definition) is 2. The second-order valence-electron chi connectivity index (χ2n) is 3.86. The number of benzene rings is 1. The van der Waals surface area contributed by atoms with Gasteiger partial charge in [-0.15, -0.1) is 23.2 Å². The summed E-state index contributed by atoms with van der Waals surface area (Å²) in [5.74, 6) is -1.18. The first kappa shape index (κ1) is 16.9. The molecule has 8 heteroatoms. The Hall–Kier alpha value is -1.14. The Morgan fingerprint density at radius 2 is 1.60 bits per heavy atom. The fourth-order valence-electron chi connectivity index (χ4n) is 1.53. The lowest BCUT2D eigenvalue weighted by Gasteiger charge is -2.23. The van der Waals surface area contributed by atoms with E-state index < -0.39 is 12.1 Å². The molecule has 0 heterocycles. The maximum Gasteiger partial charge on any atom is 0.471 e. The lowest BCUT2D eigenvalue weighted by Crippen LogP contribution is -2.30. The highest BCUT2D eigenvalue weighted by molar-refractivity contribution is 6.18. The van der Waals surface area contributed by atoms with Crippen LogP contribution in [0.4, 0.5) is 24.5 Å². The Labute approximate surface area is 124 Å². The summed E-state index contributed by atoms with van der Waals surface area (Å²) in [4.78, 5) is 12.7. The molecule has 0 bridgehead atoms. The van der Waals surface area contributed by atoms with E-state index in [1.807, 2.05) is 4.90 Å². The van der Waals surface area contributed by atoms with Crippen molar-refractivity contribution in [3.63, 3.8) is 0 Å². The Morgan fingerprint density at radius 3 is 2.00 bits per heavy atom. The van der Waals surface area contributed by atoms with Gasteiger partial charge in [-0.2, -0.15) is 13.2 Å². The molecule has 0 aliphatic carbocycles. The smallest absolute Gasteiger partial charge is 0.369 e. The molecule has 1 amide bonds. The van der Waals surface area contributed by atoms with E-state index in [1.165, 1.54) is 12.1 Å². The number of anilines is 2. The number of rotatable bonds is 6. The van der Waals surface area contributed by atoms with Crippen LogP contribution in [0.3, 0.4) is 0 Å². The molecule has 0 unspecified atom stereocenters. The molecule has 1 aromatic carbocycles. The third-order valence-corrected chi connectivity index (χ3v) is 2.79. The minimum atomic E-state index is -4.90. The van der Waals surface area contributed by atoms with Gasteiger partial charge in [0, 0.05) is 36.2 Å². The van der Waals surface area contributed by atoms with Crippen molar-refractivity contribution in [2.75, 3.05) is 35.1 Å². The van der Waals surface area contributed by atoms with E-state index in [0.717, 1.165) is 5.69 Å². The van der Waals surface area contributed by atoms with Gasteiger partial charge in [0.15, 0.2) is 0 Å². The summed E-state index contributed by atoms with van der Waals surface area (Å²) in [6.45, 7) is 1.14. The van der Waals surface area contributed by atoms with Crippen LogP contribution >= 0.6 is 23.2 Å². The molecule has 0 saturated carbocycles. The van der Waals surface area contributed by atoms with Crippen LogP contribution in [0.5, 0.6) is 0 Å². The quantitative estimate of drug-likeness (QED) is 0.811. The van der Waals surface area contributed by atoms with E-state index in [9.17, 15) is 18.0 Å². The summed E-state index contributed by atoms with van der Waals surface area (Å²) < 4.78 is 36.3. The first-order valence-electron chi connectivity index (χ1n) is 5.73. The zero-order valence-corrected chi connectivity index (χ0v) is 11.9. The number of carbonyl (C=O) groups excluding carboxylic acids is 1. The number of amides is 1. The van der Waals surface area contributed by atoms with E-state index in [2.05, 4.69) is 0 Å². The summed E-state index contributed by atoms with van der Waals surface area (Å²) in [5.41, 5.74) is 0.851. The molecular weight excluding hydrogens is 316 g/mol. The normalized spacial score (nSPS) is 11.2. The van der Waals surface area contributed by atoms with Crippen molar-refractivity contribution < 1.29 is 18.0 Å². The summed E-state index contributed by atoms with van der Waals surface area (Å²) in [7, 11) is 0. The second kappa shape index (κ2) is 7.59. The molecule has 20 heavy (non-hydrogen) atoms. The van der Waals surface area contributed by atoms with Crippen molar-refractivity contribution in [3.8, 4) is 0 Å². The van der Waals surface area contributed by atoms with Gasteiger partial charge in [-0.05, 0) is 24.3 Å². The van der Waals surface area contributed by atoms with Gasteiger partial charge in [-0.25, -0.2) is 0 Å². The van der Waals surface area contributed by atoms with Crippen LogP contribution in [-0.2, 0) is 4.79 Å². The fraction of sp³-hybridized carbons (Fsp3) is 0.417. The van der Waals surface area contributed by atoms with E-state index in [4.69, 9.17) is 23.2 Å². The number of carbonyl (C=O) groups is 1. The predicted molar refractivity (Wildman–Crippen MR) is 74.8 cm³/mol. The van der Waals surface area contributed by atoms with Crippen LogP contribution in [0.2, 0.25) is 0 Å². The fourth-order valence-corrected chi connectivity index (χ4v) is 1.94. The highest BCUT2D eigenvalue weighted by Gasteiger charge is 2.38. The molecule has 0 aliphatic heterocycles. The van der Waals surface area contributed by atoms with E-state index in [1.54, 1.807) is 17.4 Å². The van der Waals surface area contributed by atoms with Crippen molar-refractivity contribution in [1.29, 1.82) is 0 Å². The summed E-state index contributed by atoms with van der Waals surface area (Å²) in [6.07, 6.45) is -4.90. The van der Waals surface area contributed by atoms with Gasteiger partial charge in [0.2, 0.25) is 0 Å². The maximum absolute atomic E-state index is 12.1. The van der Waals surface area contributed by atoms with E-state index >= 15 is 0 Å². The lowest BCUT2D eigenvalue weighted by atomic mass is 10.2. The first-order valence-corrected chi connectivity index (χ1v) is 6.80. The standard InChI is InChI=1S/C12H13Cl2F3N2O/c13-5-7-19(8-6-14)10-3-1-9(2-4-10)18-11(20)12(15,16)17/h1-4H,5-8H2,(H,18,20). The maximum atomic E-state index is 12.1. The van der Waals surface area contributed by atoms with Gasteiger partial charge in [0.05, 0.1) is 0 Å². The molecule has 0 fully saturated rings. The van der Waals surface area contributed by atoms with Gasteiger partial charge in [-0.3, -0.25) is 4.79 Å². The van der Waals surface area contributed by atoms with Crippen LogP contribution in [0.1, 0.15) is 0 Å². The molecule has 0 aliphatic rings. The van der Waals surface area contributed by atoms with Crippen molar-refractivity contribution in [2.45, 2.75) is 6.18 Å². The molecule has 1 aromatic rings. The van der Waals surface area contributed by atoms with Crippen LogP contribution in [0, 0.1) is 0 Å². The minimum absolute atomic E-state index is 0.0766. The molecule has 0 spiro atoms. The average molecular weight is 329 g/mol. The first-order chi connectivity index (χ1) is 9.38. The molecule has 0 radical (unpaired) electrons. The Kier molecular flexibility index (Phi) is 6.42. The van der Waals surface area contributed by atoms with Gasteiger partial charge in [0.1, 0.15) is 0 Å². The number of nitrogens with zero attached hydrogens (tertiary/aromatic N) is 1. The van der Waals surface area contributed by atoms with Crippen LogP contribution < -0.4 is 10.2 Å². The van der Waals surface area contributed by atoms with Crippen molar-refractivity contribution >= 4 is 40.5 Å². The molecule has 3 nitrogen and oxygen atoms in total. The topological polar surface area (TPSA) is 32.3 Å². The van der Waals surface area contributed by atoms with Crippen molar-refractivity contribution in [3.05, 3.63) is 24.3 Å². The third kappa shape index (κ3) is 5.09. The van der Waals surface area contributed by atoms with Crippen molar-refractivity contribution in [1.82, 2.24) is 0 Å². The van der Waals surface area contributed by atoms with Gasteiger partial charge >= 0.3 is 12.1 Å². The summed E-state index contributed by atoms with van der Waals surface area (Å²) in [6, 6.07) is 6.00. The van der Waals surface area contributed by atoms with Crippen LogP contribution in [-0.4, -0.2) is 36.9 Å². The van der Waals surface area contributed by atoms with E-state index in [0.29, 0.717) is 24.8 Å². The Bertz CT molecular complexity index is 431. The highest BCUT2D eigenvalue weighted by atomic mass is 35.5. The molecule has 1 rings (SSSR count). The molecular formula is C12H13Cl2F3N2O. The molecule has 0 atom stereocenters. The number of alkyl halides is 5. The Balaban J connectivity index is 2.75. The lowest BCUT2D eigenvalue weighted by molar-refractivity contribution is -0.167. The van der Waals surface area contributed by atoms with Crippen LogP contribution in [0.15, 0.2) is 24.3 Å². The summed E-state index contributed by atoms with van der Waals surface area (Å²) >= 11 is 11.3. The zero-order valence-electron chi connectivity index (χ0n) is 10.4. The number of halogens is 5. The number of hydrogen-bond donors (Lipinski definition) is 1. The second-order valence-corrected chi connectivity index (χ2v) is 4.62. The van der Waals surface area contributed by atoms with Crippen LogP contribution in [0.25, 0.3) is 0 Å². The zero-order chi connectivity index (χ0) is 15.2. The van der Waals surface area contributed by atoms with Crippen molar-refractivity contribution in [2.24, 2.45) is 0 Å².